The SMILES string of the molecule is CC(=O)N1CCCC[C@@H]1C(=O)Nc1cc(Cl)c2c(c1)CCN2Cc1ccc(OC(F)(F)F)cc1. The van der Waals surface area contributed by atoms with Crippen LogP contribution in [0.4, 0.5) is 24.5 Å². The van der Waals surface area contributed by atoms with Crippen molar-refractivity contribution in [2.75, 3.05) is 23.3 Å². The number of piperidine rings is 1. The predicted octanol–water partition coefficient (Wildman–Crippen LogP) is 5.14. The molecule has 1 atom stereocenters. The minimum absolute atomic E-state index is 0.111. The van der Waals surface area contributed by atoms with E-state index in [-0.39, 0.29) is 17.6 Å². The molecule has 0 unspecified atom stereocenters. The van der Waals surface area contributed by atoms with Crippen LogP contribution in [0.1, 0.15) is 37.3 Å². The van der Waals surface area contributed by atoms with Crippen LogP contribution >= 0.6 is 11.6 Å². The number of rotatable bonds is 5. The standard InChI is InChI=1S/C24H25ClF3N3O3/c1-15(32)31-10-3-2-4-21(31)23(33)29-18-12-17-9-11-30(22(17)20(25)13-18)14-16-5-7-19(8-6-16)34-24(26,27)28/h5-8,12-13,21H,2-4,9-11,14H2,1H3,(H,29,33)/t21-/m1/s1. The molecule has 2 heterocycles. The first-order valence-electron chi connectivity index (χ1n) is 11.1. The van der Waals surface area contributed by atoms with E-state index in [1.54, 1.807) is 23.1 Å². The maximum absolute atomic E-state index is 12.9. The van der Waals surface area contributed by atoms with Crippen molar-refractivity contribution in [1.29, 1.82) is 0 Å². The van der Waals surface area contributed by atoms with E-state index >= 15 is 0 Å². The Morgan fingerprint density at radius 1 is 1.15 bits per heavy atom. The Morgan fingerprint density at radius 2 is 1.88 bits per heavy atom. The molecule has 182 valence electrons. The van der Waals surface area contributed by atoms with Crippen LogP contribution in [0.5, 0.6) is 5.75 Å². The molecule has 4 rings (SSSR count). The monoisotopic (exact) mass is 495 g/mol. The summed E-state index contributed by atoms with van der Waals surface area (Å²) in [6.45, 7) is 3.22. The lowest BCUT2D eigenvalue weighted by atomic mass is 10.0. The highest BCUT2D eigenvalue weighted by Gasteiger charge is 2.32. The largest absolute Gasteiger partial charge is 0.573 e. The third-order valence-electron chi connectivity index (χ3n) is 6.12. The second-order valence-electron chi connectivity index (χ2n) is 8.54. The van der Waals surface area contributed by atoms with Gasteiger partial charge in [0, 0.05) is 32.2 Å². The maximum atomic E-state index is 12.9. The molecule has 0 aromatic heterocycles. The van der Waals surface area contributed by atoms with Gasteiger partial charge in [0.25, 0.3) is 0 Å². The molecule has 34 heavy (non-hydrogen) atoms. The highest BCUT2D eigenvalue weighted by Crippen LogP contribution is 2.39. The molecular formula is C24H25ClF3N3O3. The number of halogens is 4. The number of benzene rings is 2. The molecule has 0 aliphatic carbocycles. The van der Waals surface area contributed by atoms with Gasteiger partial charge in [-0.25, -0.2) is 0 Å². The molecule has 0 saturated carbocycles. The zero-order chi connectivity index (χ0) is 24.5. The molecule has 1 fully saturated rings. The van der Waals surface area contributed by atoms with E-state index in [1.165, 1.54) is 19.1 Å². The first kappa shape index (κ1) is 24.2. The van der Waals surface area contributed by atoms with Crippen molar-refractivity contribution in [1.82, 2.24) is 4.90 Å². The number of ether oxygens (including phenoxy) is 1. The van der Waals surface area contributed by atoms with Crippen LogP contribution in [-0.4, -0.2) is 42.2 Å². The molecular weight excluding hydrogens is 471 g/mol. The molecule has 2 amide bonds. The molecule has 2 aliphatic rings. The quantitative estimate of drug-likeness (QED) is 0.624. The zero-order valence-corrected chi connectivity index (χ0v) is 19.4. The smallest absolute Gasteiger partial charge is 0.406 e. The molecule has 1 saturated heterocycles. The number of nitrogens with zero attached hydrogens (tertiary/aromatic N) is 2. The number of hydrogen-bond donors (Lipinski definition) is 1. The average molecular weight is 496 g/mol. The third-order valence-corrected chi connectivity index (χ3v) is 6.41. The summed E-state index contributed by atoms with van der Waals surface area (Å²) >= 11 is 6.58. The second-order valence-corrected chi connectivity index (χ2v) is 8.95. The summed E-state index contributed by atoms with van der Waals surface area (Å²) in [6, 6.07) is 8.85. The zero-order valence-electron chi connectivity index (χ0n) is 18.6. The molecule has 2 aromatic rings. The van der Waals surface area contributed by atoms with E-state index in [2.05, 4.69) is 15.0 Å². The van der Waals surface area contributed by atoms with Crippen molar-refractivity contribution < 1.29 is 27.5 Å². The van der Waals surface area contributed by atoms with E-state index < -0.39 is 12.4 Å². The molecule has 0 bridgehead atoms. The van der Waals surface area contributed by atoms with Gasteiger partial charge in [0.15, 0.2) is 0 Å². The van der Waals surface area contributed by atoms with Crippen molar-refractivity contribution in [2.24, 2.45) is 0 Å². The highest BCUT2D eigenvalue weighted by molar-refractivity contribution is 6.34. The fourth-order valence-corrected chi connectivity index (χ4v) is 4.98. The van der Waals surface area contributed by atoms with Gasteiger partial charge in [-0.2, -0.15) is 0 Å². The minimum Gasteiger partial charge on any atom is -0.406 e. The number of carbonyl (C=O) groups excluding carboxylic acids is 2. The Hall–Kier alpha value is -2.94. The molecule has 2 aliphatic heterocycles. The van der Waals surface area contributed by atoms with E-state index in [9.17, 15) is 22.8 Å². The van der Waals surface area contributed by atoms with E-state index in [4.69, 9.17) is 11.6 Å². The molecule has 10 heteroatoms. The normalized spacial score (nSPS) is 18.0. The number of anilines is 2. The minimum atomic E-state index is -4.72. The molecule has 1 N–H and O–H groups in total. The van der Waals surface area contributed by atoms with Crippen LogP contribution in [-0.2, 0) is 22.6 Å². The number of alkyl halides is 3. The Bertz CT molecular complexity index is 1080. The first-order chi connectivity index (χ1) is 16.1. The van der Waals surface area contributed by atoms with Crippen LogP contribution in [0.3, 0.4) is 0 Å². The number of nitrogens with one attached hydrogen (secondary N) is 1. The topological polar surface area (TPSA) is 61.9 Å². The average Bonchev–Trinajstić information content (AvgIpc) is 3.17. The summed E-state index contributed by atoms with van der Waals surface area (Å²) < 4.78 is 41.0. The Kier molecular flexibility index (Phi) is 6.93. The fourth-order valence-electron chi connectivity index (χ4n) is 4.62. The summed E-state index contributed by atoms with van der Waals surface area (Å²) in [5, 5.41) is 3.40. The summed E-state index contributed by atoms with van der Waals surface area (Å²) in [5.41, 5.74) is 3.22. The van der Waals surface area contributed by atoms with E-state index in [0.29, 0.717) is 36.8 Å². The van der Waals surface area contributed by atoms with Gasteiger partial charge in [0.2, 0.25) is 11.8 Å². The number of likely N-dealkylation sites (tertiary alicyclic amines) is 1. The molecule has 0 spiro atoms. The summed E-state index contributed by atoms with van der Waals surface area (Å²) in [7, 11) is 0. The van der Waals surface area contributed by atoms with Gasteiger partial charge in [-0.15, -0.1) is 13.2 Å². The van der Waals surface area contributed by atoms with Crippen LogP contribution in [0, 0.1) is 0 Å². The summed E-state index contributed by atoms with van der Waals surface area (Å²) in [5.74, 6) is -0.597. The van der Waals surface area contributed by atoms with Crippen LogP contribution in [0.25, 0.3) is 0 Å². The van der Waals surface area contributed by atoms with Crippen molar-refractivity contribution in [3.63, 3.8) is 0 Å². The molecule has 2 aromatic carbocycles. The first-order valence-corrected chi connectivity index (χ1v) is 11.5. The van der Waals surface area contributed by atoms with Crippen molar-refractivity contribution in [3.8, 4) is 5.75 Å². The van der Waals surface area contributed by atoms with Crippen molar-refractivity contribution in [3.05, 3.63) is 52.5 Å². The van der Waals surface area contributed by atoms with Gasteiger partial charge in [-0.05, 0) is 61.1 Å². The van der Waals surface area contributed by atoms with E-state index in [0.717, 1.165) is 36.1 Å². The maximum Gasteiger partial charge on any atom is 0.573 e. The summed E-state index contributed by atoms with van der Waals surface area (Å²) in [4.78, 5) is 28.4. The summed E-state index contributed by atoms with van der Waals surface area (Å²) in [6.07, 6.45) is -1.59. The number of fused-ring (bicyclic) bond motifs is 1. The third kappa shape index (κ3) is 5.58. The lowest BCUT2D eigenvalue weighted by Crippen LogP contribution is -2.49. The molecule has 6 nitrogen and oxygen atoms in total. The van der Waals surface area contributed by atoms with Gasteiger partial charge in [0.05, 0.1) is 10.7 Å². The number of amides is 2. The Labute approximate surface area is 200 Å². The van der Waals surface area contributed by atoms with Crippen molar-refractivity contribution in [2.45, 2.75) is 51.6 Å². The lowest BCUT2D eigenvalue weighted by Gasteiger charge is -2.34. The molecule has 0 radical (unpaired) electrons. The van der Waals surface area contributed by atoms with Gasteiger partial charge < -0.3 is 19.9 Å². The Morgan fingerprint density at radius 3 is 2.56 bits per heavy atom. The Balaban J connectivity index is 1.44. The van der Waals surface area contributed by atoms with Crippen LogP contribution in [0.2, 0.25) is 5.02 Å². The van der Waals surface area contributed by atoms with Crippen molar-refractivity contribution >= 4 is 34.8 Å². The predicted molar refractivity (Wildman–Crippen MR) is 123 cm³/mol. The van der Waals surface area contributed by atoms with Gasteiger partial charge in [0.1, 0.15) is 11.8 Å². The highest BCUT2D eigenvalue weighted by atomic mass is 35.5. The van der Waals surface area contributed by atoms with E-state index in [1.807, 2.05) is 6.07 Å². The van der Waals surface area contributed by atoms with Crippen LogP contribution < -0.4 is 15.0 Å². The number of hydrogen-bond acceptors (Lipinski definition) is 4. The van der Waals surface area contributed by atoms with Gasteiger partial charge in [-0.1, -0.05) is 23.7 Å². The van der Waals surface area contributed by atoms with Gasteiger partial charge in [-0.3, -0.25) is 9.59 Å². The van der Waals surface area contributed by atoms with Gasteiger partial charge >= 0.3 is 6.36 Å². The second kappa shape index (κ2) is 9.74. The lowest BCUT2D eigenvalue weighted by molar-refractivity contribution is -0.274. The fraction of sp³-hybridized carbons (Fsp3) is 0.417. The number of carbonyl (C=O) groups is 2. The van der Waals surface area contributed by atoms with Crippen LogP contribution in [0.15, 0.2) is 36.4 Å².